The van der Waals surface area contributed by atoms with E-state index in [0.29, 0.717) is 36.4 Å². The number of unbranched alkanes of at least 4 members (excludes halogenated alkanes) is 1. The van der Waals surface area contributed by atoms with E-state index < -0.39 is 11.9 Å². The molecule has 0 heterocycles. The number of anilines is 1. The lowest BCUT2D eigenvalue weighted by Crippen LogP contribution is -2.17. The fraction of sp³-hybridized carbons (Fsp3) is 0.303. The van der Waals surface area contributed by atoms with Crippen molar-refractivity contribution in [2.45, 2.75) is 46.0 Å². The number of para-hydroxylation sites is 2. The molecule has 0 atom stereocenters. The molecule has 0 saturated carbocycles. The van der Waals surface area contributed by atoms with E-state index in [2.05, 4.69) is 17.4 Å². The van der Waals surface area contributed by atoms with Gasteiger partial charge in [0, 0.05) is 5.56 Å². The minimum atomic E-state index is -0.808. The summed E-state index contributed by atoms with van der Waals surface area (Å²) in [6.45, 7) is 4.67. The van der Waals surface area contributed by atoms with Gasteiger partial charge in [-0.15, -0.1) is 0 Å². The molecule has 8 heteroatoms. The van der Waals surface area contributed by atoms with Crippen LogP contribution in [0, 0.1) is 0 Å². The van der Waals surface area contributed by atoms with Crippen molar-refractivity contribution in [2.75, 3.05) is 25.1 Å². The van der Waals surface area contributed by atoms with Crippen LogP contribution < -0.4 is 14.8 Å². The monoisotopic (exact) mass is 559 g/mol. The topological polar surface area (TPSA) is 100 Å². The molecule has 0 saturated heterocycles. The summed E-state index contributed by atoms with van der Waals surface area (Å²) < 4.78 is 21.8. The van der Waals surface area contributed by atoms with Gasteiger partial charge in [0.1, 0.15) is 5.75 Å². The Bertz CT molecular complexity index is 1290. The summed E-state index contributed by atoms with van der Waals surface area (Å²) in [5.41, 5.74) is 2.04. The van der Waals surface area contributed by atoms with Crippen molar-refractivity contribution in [1.29, 1.82) is 0 Å². The van der Waals surface area contributed by atoms with Crippen LogP contribution in [-0.2, 0) is 25.5 Å². The maximum atomic E-state index is 13.0. The molecule has 3 rings (SSSR count). The van der Waals surface area contributed by atoms with E-state index in [1.807, 2.05) is 32.0 Å². The Morgan fingerprint density at radius 1 is 0.756 bits per heavy atom. The molecular formula is C33H37NO7. The first-order chi connectivity index (χ1) is 20.0. The molecule has 0 aliphatic heterocycles. The predicted octanol–water partition coefficient (Wildman–Crippen LogP) is 6.51. The van der Waals surface area contributed by atoms with E-state index in [1.165, 1.54) is 5.56 Å². The minimum Gasteiger partial charge on any atom is -0.494 e. The number of rotatable bonds is 16. The van der Waals surface area contributed by atoms with Crippen LogP contribution in [0.15, 0.2) is 90.7 Å². The number of ether oxygens (including phenoxy) is 4. The van der Waals surface area contributed by atoms with Crippen molar-refractivity contribution >= 4 is 23.5 Å². The Balaban J connectivity index is 1.59. The average Bonchev–Trinajstić information content (AvgIpc) is 3.00. The van der Waals surface area contributed by atoms with Gasteiger partial charge in [-0.3, -0.25) is 4.79 Å². The molecule has 41 heavy (non-hydrogen) atoms. The Kier molecular flexibility index (Phi) is 13.0. The van der Waals surface area contributed by atoms with Gasteiger partial charge in [0.25, 0.3) is 5.91 Å². The van der Waals surface area contributed by atoms with Crippen molar-refractivity contribution in [3.8, 4) is 11.5 Å². The Morgan fingerprint density at radius 3 is 2.17 bits per heavy atom. The van der Waals surface area contributed by atoms with E-state index in [9.17, 15) is 14.4 Å². The van der Waals surface area contributed by atoms with E-state index >= 15 is 0 Å². The molecule has 1 N–H and O–H groups in total. The van der Waals surface area contributed by atoms with Gasteiger partial charge in [-0.1, -0.05) is 56.3 Å². The van der Waals surface area contributed by atoms with E-state index in [1.54, 1.807) is 48.5 Å². The normalized spacial score (nSPS) is 10.9. The maximum absolute atomic E-state index is 13.0. The SMILES string of the molecule is CCCOC(=O)/C=C(\Oc1ccccc1NC(=O)c1ccc(OCCCCc2ccccc2)cc1)C(=O)OCCC. The lowest BCUT2D eigenvalue weighted by molar-refractivity contribution is -0.143. The minimum absolute atomic E-state index is 0.162. The summed E-state index contributed by atoms with van der Waals surface area (Å²) >= 11 is 0. The zero-order valence-corrected chi connectivity index (χ0v) is 23.6. The zero-order valence-electron chi connectivity index (χ0n) is 23.6. The van der Waals surface area contributed by atoms with E-state index in [4.69, 9.17) is 18.9 Å². The van der Waals surface area contributed by atoms with E-state index in [0.717, 1.165) is 25.3 Å². The highest BCUT2D eigenvalue weighted by molar-refractivity contribution is 6.05. The van der Waals surface area contributed by atoms with Crippen LogP contribution in [0.25, 0.3) is 0 Å². The molecule has 0 bridgehead atoms. The molecule has 3 aromatic carbocycles. The molecule has 216 valence electrons. The number of carbonyl (C=O) groups is 3. The first-order valence-electron chi connectivity index (χ1n) is 13.9. The molecule has 0 spiro atoms. The highest BCUT2D eigenvalue weighted by atomic mass is 16.6. The number of carbonyl (C=O) groups excluding carboxylic acids is 3. The van der Waals surface area contributed by atoms with E-state index in [-0.39, 0.29) is 30.6 Å². The molecule has 8 nitrogen and oxygen atoms in total. The third kappa shape index (κ3) is 10.8. The Labute approximate surface area is 241 Å². The number of hydrogen-bond acceptors (Lipinski definition) is 7. The zero-order chi connectivity index (χ0) is 29.3. The van der Waals surface area contributed by atoms with Crippen LogP contribution in [-0.4, -0.2) is 37.7 Å². The van der Waals surface area contributed by atoms with Crippen molar-refractivity contribution in [3.05, 3.63) is 102 Å². The van der Waals surface area contributed by atoms with Gasteiger partial charge in [-0.05, 0) is 74.1 Å². The van der Waals surface area contributed by atoms with Crippen LogP contribution in [0.2, 0.25) is 0 Å². The number of nitrogens with one attached hydrogen (secondary N) is 1. The number of esters is 2. The smallest absolute Gasteiger partial charge is 0.374 e. The molecule has 0 radical (unpaired) electrons. The fourth-order valence-electron chi connectivity index (χ4n) is 3.69. The highest BCUT2D eigenvalue weighted by Gasteiger charge is 2.19. The third-order valence-electron chi connectivity index (χ3n) is 5.78. The van der Waals surface area contributed by atoms with Gasteiger partial charge >= 0.3 is 11.9 Å². The van der Waals surface area contributed by atoms with Crippen LogP contribution in [0.4, 0.5) is 5.69 Å². The number of aryl methyl sites for hydroxylation is 1. The van der Waals surface area contributed by atoms with Crippen LogP contribution in [0.1, 0.15) is 55.5 Å². The quantitative estimate of drug-likeness (QED) is 0.0924. The van der Waals surface area contributed by atoms with Crippen molar-refractivity contribution in [3.63, 3.8) is 0 Å². The summed E-state index contributed by atoms with van der Waals surface area (Å²) in [5, 5.41) is 2.80. The molecular weight excluding hydrogens is 522 g/mol. The van der Waals surface area contributed by atoms with Crippen molar-refractivity contribution in [1.82, 2.24) is 0 Å². The van der Waals surface area contributed by atoms with Gasteiger partial charge in [0.05, 0.1) is 31.6 Å². The van der Waals surface area contributed by atoms with Crippen molar-refractivity contribution in [2.24, 2.45) is 0 Å². The summed E-state index contributed by atoms with van der Waals surface area (Å²) in [6.07, 6.45) is 5.14. The molecule has 0 unspecified atom stereocenters. The van der Waals surface area contributed by atoms with Gasteiger partial charge in [-0.2, -0.15) is 0 Å². The Hall–Kier alpha value is -4.59. The summed E-state index contributed by atoms with van der Waals surface area (Å²) in [7, 11) is 0. The summed E-state index contributed by atoms with van der Waals surface area (Å²) in [6, 6.07) is 23.8. The average molecular weight is 560 g/mol. The number of benzene rings is 3. The summed E-state index contributed by atoms with van der Waals surface area (Å²) in [5.74, 6) is -1.41. The third-order valence-corrected chi connectivity index (χ3v) is 5.78. The molecule has 1 amide bonds. The van der Waals surface area contributed by atoms with Gasteiger partial charge in [-0.25, -0.2) is 9.59 Å². The molecule has 0 aliphatic rings. The highest BCUT2D eigenvalue weighted by Crippen LogP contribution is 2.27. The molecule has 3 aromatic rings. The first-order valence-corrected chi connectivity index (χ1v) is 13.9. The van der Waals surface area contributed by atoms with Crippen LogP contribution in [0.5, 0.6) is 11.5 Å². The van der Waals surface area contributed by atoms with Gasteiger partial charge in [0.15, 0.2) is 5.75 Å². The van der Waals surface area contributed by atoms with Gasteiger partial charge < -0.3 is 24.3 Å². The maximum Gasteiger partial charge on any atom is 0.374 e. The van der Waals surface area contributed by atoms with Crippen LogP contribution in [0.3, 0.4) is 0 Å². The number of hydrogen-bond donors (Lipinski definition) is 1. The Morgan fingerprint density at radius 2 is 1.44 bits per heavy atom. The number of amides is 1. The second-order valence-electron chi connectivity index (χ2n) is 9.18. The fourth-order valence-corrected chi connectivity index (χ4v) is 3.69. The second-order valence-corrected chi connectivity index (χ2v) is 9.18. The molecule has 0 aromatic heterocycles. The molecule has 0 fully saturated rings. The van der Waals surface area contributed by atoms with Crippen LogP contribution >= 0.6 is 0 Å². The second kappa shape index (κ2) is 17.2. The lowest BCUT2D eigenvalue weighted by Gasteiger charge is -2.14. The predicted molar refractivity (Wildman–Crippen MR) is 157 cm³/mol. The first kappa shape index (κ1) is 30.9. The molecule has 0 aliphatic carbocycles. The summed E-state index contributed by atoms with van der Waals surface area (Å²) in [4.78, 5) is 37.7. The van der Waals surface area contributed by atoms with Gasteiger partial charge in [0.2, 0.25) is 5.76 Å². The largest absolute Gasteiger partial charge is 0.494 e. The standard InChI is InChI=1S/C33H37NO7/c1-3-21-39-31(35)24-30(33(37)40-22-4-2)41-29-16-9-8-15-28(29)34-32(36)26-17-19-27(20-18-26)38-23-11-10-14-25-12-6-5-7-13-25/h5-9,12-13,15-20,24H,3-4,10-11,14,21-23H2,1-2H3,(H,34,36)/b30-24-. The lowest BCUT2D eigenvalue weighted by atomic mass is 10.1. The van der Waals surface area contributed by atoms with Crippen molar-refractivity contribution < 1.29 is 33.3 Å².